The summed E-state index contributed by atoms with van der Waals surface area (Å²) in [5, 5.41) is 0. The predicted molar refractivity (Wildman–Crippen MR) is 106 cm³/mol. The molecule has 0 radical (unpaired) electrons. The molecular formula is C21H19N5O. The van der Waals surface area contributed by atoms with E-state index in [9.17, 15) is 0 Å². The monoisotopic (exact) mass is 357 g/mol. The first-order valence-corrected chi connectivity index (χ1v) is 8.55. The van der Waals surface area contributed by atoms with Gasteiger partial charge in [0.15, 0.2) is 0 Å². The fourth-order valence-corrected chi connectivity index (χ4v) is 3.19. The SMILES string of the molecule is COc1ccc([C@]2(c3cccc(-c4cncnc4)c3)N=C(C)C(N)=N2)cc1. The summed E-state index contributed by atoms with van der Waals surface area (Å²) in [6, 6.07) is 15.8. The quantitative estimate of drug-likeness (QED) is 0.777. The second kappa shape index (κ2) is 6.64. The van der Waals surface area contributed by atoms with Gasteiger partial charge in [-0.3, -0.25) is 0 Å². The first-order chi connectivity index (χ1) is 13.1. The van der Waals surface area contributed by atoms with Gasteiger partial charge >= 0.3 is 0 Å². The zero-order chi connectivity index (χ0) is 18.9. The van der Waals surface area contributed by atoms with E-state index >= 15 is 0 Å². The van der Waals surface area contributed by atoms with Crippen LogP contribution in [0, 0.1) is 0 Å². The molecule has 1 atom stereocenters. The zero-order valence-electron chi connectivity index (χ0n) is 15.1. The Kier molecular flexibility index (Phi) is 4.16. The van der Waals surface area contributed by atoms with Crippen molar-refractivity contribution in [2.75, 3.05) is 7.11 Å². The van der Waals surface area contributed by atoms with Gasteiger partial charge in [0.1, 0.15) is 17.9 Å². The summed E-state index contributed by atoms with van der Waals surface area (Å²) in [4.78, 5) is 17.8. The third kappa shape index (κ3) is 2.95. The molecule has 0 saturated carbocycles. The van der Waals surface area contributed by atoms with Gasteiger partial charge in [-0.25, -0.2) is 20.0 Å². The molecule has 2 N–H and O–H groups in total. The van der Waals surface area contributed by atoms with Crippen LogP contribution in [-0.4, -0.2) is 28.6 Å². The molecule has 2 heterocycles. The van der Waals surface area contributed by atoms with Crippen LogP contribution < -0.4 is 10.5 Å². The fraction of sp³-hybridized carbons (Fsp3) is 0.143. The highest BCUT2D eigenvalue weighted by atomic mass is 16.5. The molecule has 2 aromatic carbocycles. The van der Waals surface area contributed by atoms with E-state index in [1.807, 2.05) is 49.4 Å². The van der Waals surface area contributed by atoms with Gasteiger partial charge in [0.2, 0.25) is 5.66 Å². The Bertz CT molecular complexity index is 1010. The molecule has 0 spiro atoms. The molecule has 3 aromatic rings. The van der Waals surface area contributed by atoms with Crippen LogP contribution in [0.4, 0.5) is 0 Å². The van der Waals surface area contributed by atoms with Crippen LogP contribution in [0.3, 0.4) is 0 Å². The Morgan fingerprint density at radius 3 is 2.26 bits per heavy atom. The lowest BCUT2D eigenvalue weighted by Crippen LogP contribution is -2.22. The van der Waals surface area contributed by atoms with Crippen molar-refractivity contribution >= 4 is 11.5 Å². The van der Waals surface area contributed by atoms with Crippen molar-refractivity contribution in [1.82, 2.24) is 9.97 Å². The Labute approximate surface area is 157 Å². The summed E-state index contributed by atoms with van der Waals surface area (Å²) in [7, 11) is 1.64. The Morgan fingerprint density at radius 1 is 0.889 bits per heavy atom. The fourth-order valence-electron chi connectivity index (χ4n) is 3.19. The molecule has 6 nitrogen and oxygen atoms in total. The molecule has 1 aliphatic heterocycles. The van der Waals surface area contributed by atoms with Crippen LogP contribution in [0.1, 0.15) is 18.1 Å². The Morgan fingerprint density at radius 2 is 1.63 bits per heavy atom. The van der Waals surface area contributed by atoms with Gasteiger partial charge in [0, 0.05) is 29.1 Å². The second-order valence-electron chi connectivity index (χ2n) is 6.30. The Balaban J connectivity index is 1.88. The average molecular weight is 357 g/mol. The molecule has 1 aromatic heterocycles. The number of amidine groups is 1. The van der Waals surface area contributed by atoms with E-state index in [2.05, 4.69) is 16.0 Å². The molecule has 134 valence electrons. The number of hydrogen-bond donors (Lipinski definition) is 1. The molecule has 6 heteroatoms. The first-order valence-electron chi connectivity index (χ1n) is 8.55. The summed E-state index contributed by atoms with van der Waals surface area (Å²) in [6.07, 6.45) is 5.09. The van der Waals surface area contributed by atoms with Gasteiger partial charge in [0.25, 0.3) is 0 Å². The van der Waals surface area contributed by atoms with Crippen molar-refractivity contribution in [3.8, 4) is 16.9 Å². The highest BCUT2D eigenvalue weighted by molar-refractivity contribution is 6.41. The van der Waals surface area contributed by atoms with E-state index in [0.29, 0.717) is 5.84 Å². The number of methoxy groups -OCH3 is 1. The standard InChI is InChI=1S/C21H19N5O/c1-14-20(22)26-21(25-14,17-6-8-19(27-2)9-7-17)18-5-3-4-15(10-18)16-11-23-13-24-12-16/h3-13H,1-2H3,(H2,22,26)/t21-/m0/s1. The molecule has 0 bridgehead atoms. The number of hydrogen-bond acceptors (Lipinski definition) is 6. The van der Waals surface area contributed by atoms with Crippen LogP contribution in [0.25, 0.3) is 11.1 Å². The van der Waals surface area contributed by atoms with Gasteiger partial charge in [-0.2, -0.15) is 0 Å². The van der Waals surface area contributed by atoms with E-state index < -0.39 is 5.66 Å². The van der Waals surface area contributed by atoms with Crippen molar-refractivity contribution in [3.05, 3.63) is 78.4 Å². The van der Waals surface area contributed by atoms with E-state index in [1.165, 1.54) is 6.33 Å². The van der Waals surface area contributed by atoms with Gasteiger partial charge < -0.3 is 10.5 Å². The third-order valence-corrected chi connectivity index (χ3v) is 4.63. The number of rotatable bonds is 4. The molecule has 4 rings (SSSR count). The molecule has 0 aliphatic carbocycles. The van der Waals surface area contributed by atoms with Crippen molar-refractivity contribution in [2.24, 2.45) is 15.7 Å². The van der Waals surface area contributed by atoms with Crippen LogP contribution in [0.15, 0.2) is 77.2 Å². The van der Waals surface area contributed by atoms with Crippen LogP contribution in [-0.2, 0) is 5.66 Å². The molecule has 1 aliphatic rings. The van der Waals surface area contributed by atoms with E-state index in [-0.39, 0.29) is 0 Å². The minimum Gasteiger partial charge on any atom is -0.497 e. The van der Waals surface area contributed by atoms with Crippen molar-refractivity contribution in [3.63, 3.8) is 0 Å². The van der Waals surface area contributed by atoms with E-state index in [4.69, 9.17) is 20.5 Å². The number of benzene rings is 2. The first kappa shape index (κ1) is 16.9. The number of aromatic nitrogens is 2. The maximum absolute atomic E-state index is 6.11. The summed E-state index contributed by atoms with van der Waals surface area (Å²) < 4.78 is 5.28. The highest BCUT2D eigenvalue weighted by Gasteiger charge is 2.38. The van der Waals surface area contributed by atoms with Crippen LogP contribution >= 0.6 is 0 Å². The second-order valence-corrected chi connectivity index (χ2v) is 6.30. The van der Waals surface area contributed by atoms with Crippen molar-refractivity contribution < 1.29 is 4.74 Å². The lowest BCUT2D eigenvalue weighted by molar-refractivity contribution is 0.414. The molecular weight excluding hydrogens is 338 g/mol. The third-order valence-electron chi connectivity index (χ3n) is 4.63. The number of ether oxygens (including phenoxy) is 1. The zero-order valence-corrected chi connectivity index (χ0v) is 15.1. The minimum absolute atomic E-state index is 0.444. The molecule has 0 amide bonds. The highest BCUT2D eigenvalue weighted by Crippen LogP contribution is 2.40. The number of nitrogens with two attached hydrogens (primary N) is 1. The van der Waals surface area contributed by atoms with Gasteiger partial charge in [0.05, 0.1) is 12.8 Å². The topological polar surface area (TPSA) is 85.8 Å². The van der Waals surface area contributed by atoms with Crippen molar-refractivity contribution in [2.45, 2.75) is 12.6 Å². The van der Waals surface area contributed by atoms with E-state index in [1.54, 1.807) is 19.5 Å². The average Bonchev–Trinajstić information content (AvgIpc) is 3.04. The normalized spacial score (nSPS) is 18.7. The summed E-state index contributed by atoms with van der Waals surface area (Å²) in [5.74, 6) is 1.22. The minimum atomic E-state index is -0.911. The summed E-state index contributed by atoms with van der Waals surface area (Å²) in [6.45, 7) is 1.87. The maximum Gasteiger partial charge on any atom is 0.204 e. The molecule has 0 fully saturated rings. The van der Waals surface area contributed by atoms with E-state index in [0.717, 1.165) is 33.7 Å². The predicted octanol–water partition coefficient (Wildman–Crippen LogP) is 3.19. The number of nitrogens with zero attached hydrogens (tertiary/aromatic N) is 4. The smallest absolute Gasteiger partial charge is 0.204 e. The maximum atomic E-state index is 6.11. The Hall–Kier alpha value is -3.54. The lowest BCUT2D eigenvalue weighted by Gasteiger charge is -2.25. The van der Waals surface area contributed by atoms with Gasteiger partial charge in [-0.1, -0.05) is 30.3 Å². The van der Waals surface area contributed by atoms with Crippen LogP contribution in [0.5, 0.6) is 5.75 Å². The van der Waals surface area contributed by atoms with Gasteiger partial charge in [-0.15, -0.1) is 0 Å². The number of aliphatic imine (C=N–C) groups is 2. The lowest BCUT2D eigenvalue weighted by atomic mass is 9.90. The largest absolute Gasteiger partial charge is 0.497 e. The van der Waals surface area contributed by atoms with Crippen LogP contribution in [0.2, 0.25) is 0 Å². The van der Waals surface area contributed by atoms with Crippen molar-refractivity contribution in [1.29, 1.82) is 0 Å². The summed E-state index contributed by atoms with van der Waals surface area (Å²) >= 11 is 0. The summed E-state index contributed by atoms with van der Waals surface area (Å²) in [5.41, 5.74) is 9.69. The molecule has 0 unspecified atom stereocenters. The molecule has 27 heavy (non-hydrogen) atoms. The van der Waals surface area contributed by atoms with Gasteiger partial charge in [-0.05, 0) is 30.7 Å². The molecule has 0 saturated heterocycles.